The molecule has 13 nitrogen and oxygen atoms in total. The Morgan fingerprint density at radius 1 is 0.836 bits per heavy atom. The lowest BCUT2D eigenvalue weighted by Gasteiger charge is -2.64. The molecule has 7 rings (SSSR count). The fourth-order valence-electron chi connectivity index (χ4n) is 11.8. The zero-order valence-electron chi connectivity index (χ0n) is 34.2. The smallest absolute Gasteiger partial charge is 0.199 e. The van der Waals surface area contributed by atoms with Gasteiger partial charge in [0.25, 0.3) is 0 Å². The van der Waals surface area contributed by atoms with Crippen molar-refractivity contribution in [1.82, 2.24) is 0 Å². The first-order valence-electron chi connectivity index (χ1n) is 20.5. The van der Waals surface area contributed by atoms with Crippen LogP contribution in [-0.2, 0) is 33.3 Å². The zero-order valence-corrected chi connectivity index (χ0v) is 34.2. The molecule has 2 saturated heterocycles. The average Bonchev–Trinajstić information content (AvgIpc) is 3.60. The number of aliphatic hydroxyl groups excluding tert-OH is 6. The highest BCUT2D eigenvalue weighted by Crippen LogP contribution is 2.74. The first kappa shape index (κ1) is 42.8. The van der Waals surface area contributed by atoms with Gasteiger partial charge in [0.1, 0.15) is 48.2 Å². The van der Waals surface area contributed by atoms with Crippen LogP contribution in [0.4, 0.5) is 0 Å². The Morgan fingerprint density at radius 2 is 1.51 bits per heavy atom. The molecule has 0 bridgehead atoms. The van der Waals surface area contributed by atoms with Gasteiger partial charge < -0.3 is 54.3 Å². The molecular formula is C42H66O13. The molecule has 55 heavy (non-hydrogen) atoms. The van der Waals surface area contributed by atoms with Gasteiger partial charge >= 0.3 is 0 Å². The summed E-state index contributed by atoms with van der Waals surface area (Å²) >= 11 is 0. The van der Waals surface area contributed by atoms with Crippen LogP contribution in [0.2, 0.25) is 0 Å². The Bertz CT molecular complexity index is 1530. The predicted molar refractivity (Wildman–Crippen MR) is 199 cm³/mol. The second kappa shape index (κ2) is 15.1. The van der Waals surface area contributed by atoms with Crippen LogP contribution in [0.25, 0.3) is 0 Å². The molecule has 0 aromatic rings. The molecule has 13 heteroatoms. The van der Waals surface area contributed by atoms with Crippen LogP contribution in [0.15, 0.2) is 23.5 Å². The molecule has 3 saturated carbocycles. The van der Waals surface area contributed by atoms with Gasteiger partial charge in [0, 0.05) is 35.2 Å². The number of aliphatic hydroxyl groups is 6. The Morgan fingerprint density at radius 3 is 2.15 bits per heavy atom. The minimum atomic E-state index is -1.63. The maximum absolute atomic E-state index is 14.8. The molecular weight excluding hydrogens is 712 g/mol. The van der Waals surface area contributed by atoms with Crippen molar-refractivity contribution in [2.24, 2.45) is 45.3 Å². The molecule has 7 aliphatic rings. The summed E-state index contributed by atoms with van der Waals surface area (Å²) in [5.41, 5.74) is -1.32. The molecule has 6 N–H and O–H groups in total. The minimum Gasteiger partial charge on any atom is -0.486 e. The second-order valence-electron chi connectivity index (χ2n) is 18.6. The number of hydrogen-bond acceptors (Lipinski definition) is 13. The van der Waals surface area contributed by atoms with Crippen molar-refractivity contribution in [3.8, 4) is 0 Å². The minimum absolute atomic E-state index is 0.0358. The summed E-state index contributed by atoms with van der Waals surface area (Å²) in [6.07, 6.45) is -7.81. The molecule has 18 atom stereocenters. The van der Waals surface area contributed by atoms with Crippen molar-refractivity contribution in [3.05, 3.63) is 23.5 Å². The standard InChI is InChI=1S/C40H60O13.C2H6/c1-17(2)24-13-21(41)33(51-24)28-22(42)14-38(6)25-11-9-19-20(40(25,8)26(44)15-39(28,38)7)10-12-27(37(19,4)5)52-36-34(30(46)23(43)16-49-36)53-35-32(48)31(47)29(45)18(3)50-35;1-2/h9,13,17-18,20,22-23,25,27-36,42-43,45-48H,10-12,14-16H2,1-8H3;1-2H3/t18-,20-,22-,23-,25+,27-,28-,29-,30+,31+,32+,33?,34?,35-,36+,38+,39-,40+;/m1./s1. The highest BCUT2D eigenvalue weighted by molar-refractivity contribution is 5.96. The largest absolute Gasteiger partial charge is 0.486 e. The Kier molecular flexibility index (Phi) is 11.8. The Labute approximate surface area is 325 Å². The third kappa shape index (κ3) is 6.51. The van der Waals surface area contributed by atoms with E-state index in [1.807, 2.05) is 27.7 Å². The van der Waals surface area contributed by atoms with Crippen molar-refractivity contribution in [1.29, 1.82) is 0 Å². The summed E-state index contributed by atoms with van der Waals surface area (Å²) in [6, 6.07) is 0. The van der Waals surface area contributed by atoms with Crippen molar-refractivity contribution < 1.29 is 63.9 Å². The highest BCUT2D eigenvalue weighted by atomic mass is 16.8. The van der Waals surface area contributed by atoms with Gasteiger partial charge in [-0.05, 0) is 55.3 Å². The summed E-state index contributed by atoms with van der Waals surface area (Å²) in [6.45, 7) is 19.8. The van der Waals surface area contributed by atoms with Gasteiger partial charge in [0.15, 0.2) is 24.5 Å². The molecule has 0 amide bonds. The van der Waals surface area contributed by atoms with Gasteiger partial charge in [0.2, 0.25) is 0 Å². The summed E-state index contributed by atoms with van der Waals surface area (Å²) in [5.74, 6) is -0.0172. The Balaban J connectivity index is 0.00000253. The van der Waals surface area contributed by atoms with Crippen molar-refractivity contribution in [3.63, 3.8) is 0 Å². The van der Waals surface area contributed by atoms with E-state index in [1.54, 1.807) is 6.08 Å². The van der Waals surface area contributed by atoms with E-state index in [0.717, 1.165) is 5.57 Å². The molecule has 0 radical (unpaired) electrons. The van der Waals surface area contributed by atoms with Crippen LogP contribution in [0.5, 0.6) is 0 Å². The molecule has 0 spiro atoms. The summed E-state index contributed by atoms with van der Waals surface area (Å²) < 4.78 is 30.4. The molecule has 0 aromatic carbocycles. The second-order valence-corrected chi connectivity index (χ2v) is 18.6. The van der Waals surface area contributed by atoms with Gasteiger partial charge in [-0.2, -0.15) is 0 Å². The molecule has 0 aromatic heterocycles. The quantitative estimate of drug-likeness (QED) is 0.215. The molecule has 3 aliphatic heterocycles. The maximum Gasteiger partial charge on any atom is 0.199 e. The molecule has 2 unspecified atom stereocenters. The Hall–Kier alpha value is -1.78. The predicted octanol–water partition coefficient (Wildman–Crippen LogP) is 2.95. The van der Waals surface area contributed by atoms with Crippen molar-refractivity contribution in [2.75, 3.05) is 6.61 Å². The fourth-order valence-corrected chi connectivity index (χ4v) is 11.8. The third-order valence-corrected chi connectivity index (χ3v) is 15.2. The fraction of sp³-hybridized carbons (Fsp3) is 0.857. The summed E-state index contributed by atoms with van der Waals surface area (Å²) in [4.78, 5) is 28.1. The number of rotatable bonds is 6. The van der Waals surface area contributed by atoms with Gasteiger partial charge in [0.05, 0.1) is 24.9 Å². The van der Waals surface area contributed by atoms with E-state index >= 15 is 0 Å². The lowest BCUT2D eigenvalue weighted by molar-refractivity contribution is -0.360. The SMILES string of the molecule is CC.CC(C)C1=CC(=O)C([C@H]2[C@H](O)C[C@@]3(C)[C@@H]4CC=C5[C@@H](CC[C@@H](O[C@@H]6OC[C@@H](O)[C@H](O)C6O[C@H]6O[C@H](C)[C@@H](O)[C@H](O)[C@@H]6O)C5(C)C)[C@]4(C)C(=O)C[C@]23C)O1. The van der Waals surface area contributed by atoms with E-state index in [-0.39, 0.29) is 42.3 Å². The van der Waals surface area contributed by atoms with Crippen LogP contribution in [-0.4, -0.2) is 122 Å². The van der Waals surface area contributed by atoms with E-state index in [1.165, 1.54) is 6.92 Å². The topological polar surface area (TPSA) is 202 Å². The van der Waals surface area contributed by atoms with Gasteiger partial charge in [-0.25, -0.2) is 0 Å². The van der Waals surface area contributed by atoms with Crippen LogP contribution in [0, 0.1) is 45.3 Å². The summed E-state index contributed by atoms with van der Waals surface area (Å²) in [5, 5.41) is 64.4. The molecule has 4 aliphatic carbocycles. The third-order valence-electron chi connectivity index (χ3n) is 15.2. The number of fused-ring (bicyclic) bond motifs is 5. The van der Waals surface area contributed by atoms with E-state index < -0.39 is 101 Å². The van der Waals surface area contributed by atoms with Crippen LogP contribution < -0.4 is 0 Å². The molecule has 5 fully saturated rings. The van der Waals surface area contributed by atoms with Gasteiger partial charge in [-0.1, -0.05) is 74.0 Å². The first-order valence-corrected chi connectivity index (χ1v) is 20.5. The monoisotopic (exact) mass is 778 g/mol. The van der Waals surface area contributed by atoms with E-state index in [4.69, 9.17) is 23.7 Å². The normalized spacial score (nSPS) is 50.5. The first-order chi connectivity index (χ1) is 25.7. The highest BCUT2D eigenvalue weighted by Gasteiger charge is 2.73. The van der Waals surface area contributed by atoms with Crippen LogP contribution in [0.3, 0.4) is 0 Å². The number of carbonyl (C=O) groups is 2. The van der Waals surface area contributed by atoms with Gasteiger partial charge in [-0.15, -0.1) is 0 Å². The van der Waals surface area contributed by atoms with Crippen molar-refractivity contribution in [2.45, 2.75) is 175 Å². The maximum atomic E-state index is 14.8. The molecule has 3 heterocycles. The van der Waals surface area contributed by atoms with E-state index in [9.17, 15) is 40.2 Å². The van der Waals surface area contributed by atoms with E-state index in [2.05, 4.69) is 40.7 Å². The lowest BCUT2D eigenvalue weighted by Crippen LogP contribution is -2.64. The lowest BCUT2D eigenvalue weighted by atomic mass is 9.39. The number of ketones is 2. The number of allylic oxidation sites excluding steroid dienone is 2. The van der Waals surface area contributed by atoms with Gasteiger partial charge in [-0.3, -0.25) is 9.59 Å². The van der Waals surface area contributed by atoms with Crippen LogP contribution in [0.1, 0.15) is 101 Å². The van der Waals surface area contributed by atoms with Crippen LogP contribution >= 0.6 is 0 Å². The number of hydrogen-bond donors (Lipinski definition) is 6. The summed E-state index contributed by atoms with van der Waals surface area (Å²) in [7, 11) is 0. The number of carbonyl (C=O) groups excluding carboxylic acids is 2. The zero-order chi connectivity index (χ0) is 40.7. The number of Topliss-reactive ketones (excluding diaryl/α,β-unsaturated/α-hetero) is 1. The van der Waals surface area contributed by atoms with E-state index in [0.29, 0.717) is 31.4 Å². The average molecular weight is 779 g/mol. The van der Waals surface area contributed by atoms with Crippen molar-refractivity contribution >= 4 is 11.6 Å². The number of ether oxygens (including phenoxy) is 5. The molecule has 312 valence electrons.